The fourth-order valence-electron chi connectivity index (χ4n) is 4.14. The van der Waals surface area contributed by atoms with Crippen LogP contribution >= 0.6 is 11.3 Å². The van der Waals surface area contributed by atoms with Gasteiger partial charge < -0.3 is 5.32 Å². The molecule has 2 aliphatic rings. The third kappa shape index (κ3) is 3.11. The van der Waals surface area contributed by atoms with Gasteiger partial charge in [-0.05, 0) is 11.1 Å². The van der Waals surface area contributed by atoms with Crippen LogP contribution in [0.2, 0.25) is 0 Å². The lowest BCUT2D eigenvalue weighted by atomic mass is 9.91. The van der Waals surface area contributed by atoms with Gasteiger partial charge in [0, 0.05) is 41.9 Å². The molecule has 1 aromatic carbocycles. The lowest BCUT2D eigenvalue weighted by molar-refractivity contribution is -0.129. The van der Waals surface area contributed by atoms with E-state index in [2.05, 4.69) is 39.5 Å². The molecule has 1 aliphatic carbocycles. The zero-order chi connectivity index (χ0) is 17.6. The maximum atomic E-state index is 12.6. The van der Waals surface area contributed by atoms with Gasteiger partial charge in [0.25, 0.3) is 0 Å². The van der Waals surface area contributed by atoms with E-state index in [0.717, 1.165) is 19.6 Å². The second-order valence-corrected chi connectivity index (χ2v) is 9.20. The van der Waals surface area contributed by atoms with E-state index in [1.54, 1.807) is 11.3 Å². The highest BCUT2D eigenvalue weighted by Gasteiger charge is 2.47. The molecular formula is C20H25N3OS. The van der Waals surface area contributed by atoms with Crippen LogP contribution in [0.25, 0.3) is 0 Å². The number of nitrogens with zero attached hydrogens (tertiary/aromatic N) is 2. The Morgan fingerprint density at radius 2 is 2.04 bits per heavy atom. The zero-order valence-corrected chi connectivity index (χ0v) is 15.8. The number of fused-ring (bicyclic) bond motifs is 3. The molecule has 3 atom stereocenters. The summed E-state index contributed by atoms with van der Waals surface area (Å²) in [5.41, 5.74) is 2.35. The van der Waals surface area contributed by atoms with Crippen molar-refractivity contribution in [3.05, 3.63) is 52.0 Å². The Kier molecular flexibility index (Phi) is 4.16. The van der Waals surface area contributed by atoms with Gasteiger partial charge in [-0.3, -0.25) is 9.69 Å². The van der Waals surface area contributed by atoms with Crippen molar-refractivity contribution in [2.45, 2.75) is 39.3 Å². The van der Waals surface area contributed by atoms with Crippen LogP contribution in [-0.4, -0.2) is 28.9 Å². The standard InChI is InChI=1S/C20H25N3OS/c1-20(2,3)19(24)22-18-14-7-5-4-6-13(14)15-10-23(11-16(15)18)12-17-21-8-9-25-17/h4-9,15-16,18H,10-12H2,1-3H3,(H,22,24)/t15-,16-,18+/m0/s1. The quantitative estimate of drug-likeness (QED) is 0.915. The van der Waals surface area contributed by atoms with Gasteiger partial charge in [0.2, 0.25) is 5.91 Å². The van der Waals surface area contributed by atoms with Crippen molar-refractivity contribution in [1.82, 2.24) is 15.2 Å². The number of amides is 1. The Balaban J connectivity index is 1.58. The second kappa shape index (κ2) is 6.22. The molecule has 1 amide bonds. The smallest absolute Gasteiger partial charge is 0.225 e. The van der Waals surface area contributed by atoms with Crippen LogP contribution in [0.15, 0.2) is 35.8 Å². The third-order valence-corrected chi connectivity index (χ3v) is 6.17. The Bertz CT molecular complexity index is 765. The fourth-order valence-corrected chi connectivity index (χ4v) is 4.79. The fraction of sp³-hybridized carbons (Fsp3) is 0.500. The van der Waals surface area contributed by atoms with Crippen molar-refractivity contribution in [2.24, 2.45) is 11.3 Å². The number of benzene rings is 1. The molecule has 0 bridgehead atoms. The van der Waals surface area contributed by atoms with Crippen molar-refractivity contribution in [2.75, 3.05) is 13.1 Å². The summed E-state index contributed by atoms with van der Waals surface area (Å²) in [6, 6.07) is 8.75. The predicted molar refractivity (Wildman–Crippen MR) is 100 cm³/mol. The molecule has 4 rings (SSSR count). The molecule has 5 heteroatoms. The van der Waals surface area contributed by atoms with Gasteiger partial charge >= 0.3 is 0 Å². The van der Waals surface area contributed by atoms with Crippen molar-refractivity contribution < 1.29 is 4.79 Å². The van der Waals surface area contributed by atoms with Crippen molar-refractivity contribution in [3.63, 3.8) is 0 Å². The molecule has 0 saturated carbocycles. The Morgan fingerprint density at radius 3 is 2.72 bits per heavy atom. The van der Waals surface area contributed by atoms with Crippen LogP contribution in [0, 0.1) is 11.3 Å². The monoisotopic (exact) mass is 355 g/mol. The predicted octanol–water partition coefficient (Wildman–Crippen LogP) is 3.58. The van der Waals surface area contributed by atoms with Crippen LogP contribution in [0.5, 0.6) is 0 Å². The van der Waals surface area contributed by atoms with Gasteiger partial charge in [-0.25, -0.2) is 4.98 Å². The van der Waals surface area contributed by atoms with Gasteiger partial charge in [0.05, 0.1) is 12.6 Å². The number of carbonyl (C=O) groups excluding carboxylic acids is 1. The van der Waals surface area contributed by atoms with Gasteiger partial charge in [-0.2, -0.15) is 0 Å². The molecule has 1 aliphatic heterocycles. The van der Waals surface area contributed by atoms with Crippen LogP contribution < -0.4 is 5.32 Å². The van der Waals surface area contributed by atoms with E-state index in [1.807, 2.05) is 32.3 Å². The van der Waals surface area contributed by atoms with E-state index in [0.29, 0.717) is 11.8 Å². The van der Waals surface area contributed by atoms with E-state index < -0.39 is 0 Å². The maximum absolute atomic E-state index is 12.6. The van der Waals surface area contributed by atoms with Gasteiger partial charge in [0.1, 0.15) is 5.01 Å². The number of aromatic nitrogens is 1. The topological polar surface area (TPSA) is 45.2 Å². The number of hydrogen-bond acceptors (Lipinski definition) is 4. The highest BCUT2D eigenvalue weighted by atomic mass is 32.1. The summed E-state index contributed by atoms with van der Waals surface area (Å²) in [6.45, 7) is 8.89. The van der Waals surface area contributed by atoms with Gasteiger partial charge in [0.15, 0.2) is 0 Å². The molecule has 0 unspecified atom stereocenters. The minimum Gasteiger partial charge on any atom is -0.348 e. The molecule has 2 heterocycles. The highest BCUT2D eigenvalue weighted by molar-refractivity contribution is 7.09. The molecule has 0 spiro atoms. The summed E-state index contributed by atoms with van der Waals surface area (Å²) in [5, 5.41) is 6.55. The summed E-state index contributed by atoms with van der Waals surface area (Å²) in [6.07, 6.45) is 1.87. The molecule has 0 radical (unpaired) electrons. The normalized spacial score (nSPS) is 25.6. The summed E-state index contributed by atoms with van der Waals surface area (Å²) >= 11 is 1.72. The van der Waals surface area contributed by atoms with E-state index >= 15 is 0 Å². The highest BCUT2D eigenvalue weighted by Crippen LogP contribution is 2.49. The lowest BCUT2D eigenvalue weighted by Crippen LogP contribution is -2.40. The van der Waals surface area contributed by atoms with Crippen molar-refractivity contribution in [3.8, 4) is 0 Å². The van der Waals surface area contributed by atoms with Crippen LogP contribution in [-0.2, 0) is 11.3 Å². The number of rotatable bonds is 3. The first kappa shape index (κ1) is 16.7. The molecule has 1 N–H and O–H groups in total. The Labute approximate surface area is 153 Å². The Morgan fingerprint density at radius 1 is 1.28 bits per heavy atom. The molecule has 25 heavy (non-hydrogen) atoms. The molecular weight excluding hydrogens is 330 g/mol. The summed E-state index contributed by atoms with van der Waals surface area (Å²) < 4.78 is 0. The van der Waals surface area contributed by atoms with Crippen molar-refractivity contribution in [1.29, 1.82) is 0 Å². The number of likely N-dealkylation sites (tertiary alicyclic amines) is 1. The van der Waals surface area contributed by atoms with Crippen LogP contribution in [0.3, 0.4) is 0 Å². The maximum Gasteiger partial charge on any atom is 0.225 e. The first-order chi connectivity index (χ1) is 11.9. The average molecular weight is 356 g/mol. The summed E-state index contributed by atoms with van der Waals surface area (Å²) in [4.78, 5) is 19.5. The van der Waals surface area contributed by atoms with Gasteiger partial charge in [-0.1, -0.05) is 45.0 Å². The minimum absolute atomic E-state index is 0.120. The first-order valence-electron chi connectivity index (χ1n) is 8.94. The van der Waals surface area contributed by atoms with Gasteiger partial charge in [-0.15, -0.1) is 11.3 Å². The second-order valence-electron chi connectivity index (χ2n) is 8.22. The lowest BCUT2D eigenvalue weighted by Gasteiger charge is -2.26. The largest absolute Gasteiger partial charge is 0.348 e. The average Bonchev–Trinajstić information content (AvgIpc) is 3.26. The number of thiazole rings is 1. The minimum atomic E-state index is -0.369. The zero-order valence-electron chi connectivity index (χ0n) is 15.0. The van der Waals surface area contributed by atoms with Crippen LogP contribution in [0.4, 0.5) is 0 Å². The summed E-state index contributed by atoms with van der Waals surface area (Å²) in [5.74, 6) is 1.08. The van der Waals surface area contributed by atoms with E-state index in [-0.39, 0.29) is 17.4 Å². The van der Waals surface area contributed by atoms with E-state index in [4.69, 9.17) is 0 Å². The molecule has 4 nitrogen and oxygen atoms in total. The number of nitrogens with one attached hydrogen (secondary N) is 1. The van der Waals surface area contributed by atoms with E-state index in [9.17, 15) is 4.79 Å². The molecule has 1 fully saturated rings. The molecule has 2 aromatic rings. The van der Waals surface area contributed by atoms with Crippen LogP contribution in [0.1, 0.15) is 48.9 Å². The number of carbonyl (C=O) groups is 1. The molecule has 132 valence electrons. The Hall–Kier alpha value is -1.72. The molecule has 1 saturated heterocycles. The number of hydrogen-bond donors (Lipinski definition) is 1. The first-order valence-corrected chi connectivity index (χ1v) is 9.82. The third-order valence-electron chi connectivity index (χ3n) is 5.41. The SMILES string of the molecule is CC(C)(C)C(=O)N[C@@H]1c2ccccc2[C@@H]2CN(Cc3nccs3)C[C@H]12. The van der Waals surface area contributed by atoms with E-state index in [1.165, 1.54) is 16.1 Å². The summed E-state index contributed by atoms with van der Waals surface area (Å²) in [7, 11) is 0. The van der Waals surface area contributed by atoms with Crippen molar-refractivity contribution >= 4 is 17.2 Å². The molecule has 1 aromatic heterocycles.